The van der Waals surface area contributed by atoms with Crippen molar-refractivity contribution in [2.24, 2.45) is 17.3 Å². The average molecular weight is 288 g/mol. The topological polar surface area (TPSA) is 60.7 Å². The smallest absolute Gasteiger partial charge is 0.119 e. The normalized spacial score (nSPS) is 44.8. The quantitative estimate of drug-likeness (QED) is 0.687. The molecule has 3 heteroatoms. The van der Waals surface area contributed by atoms with Crippen molar-refractivity contribution in [1.82, 2.24) is 0 Å². The van der Waals surface area contributed by atoms with Crippen LogP contribution < -0.4 is 0 Å². The van der Waals surface area contributed by atoms with Crippen molar-refractivity contribution in [3.05, 3.63) is 29.3 Å². The number of hydrogen-bond acceptors (Lipinski definition) is 3. The van der Waals surface area contributed by atoms with Crippen LogP contribution in [0, 0.1) is 17.3 Å². The molecule has 0 radical (unpaired) electrons. The second-order valence-electron chi connectivity index (χ2n) is 7.56. The third-order valence-corrected chi connectivity index (χ3v) is 6.70. The summed E-state index contributed by atoms with van der Waals surface area (Å²) >= 11 is 0. The van der Waals surface area contributed by atoms with E-state index in [9.17, 15) is 15.3 Å². The zero-order valence-corrected chi connectivity index (χ0v) is 12.5. The first-order valence-corrected chi connectivity index (χ1v) is 8.19. The summed E-state index contributed by atoms with van der Waals surface area (Å²) in [6.07, 6.45) is 3.60. The van der Waals surface area contributed by atoms with Gasteiger partial charge in [0.2, 0.25) is 0 Å². The molecule has 0 spiro atoms. The first-order valence-electron chi connectivity index (χ1n) is 8.19. The maximum atomic E-state index is 10.4. The lowest BCUT2D eigenvalue weighted by molar-refractivity contribution is -0.0507. The minimum Gasteiger partial charge on any atom is -0.508 e. The lowest BCUT2D eigenvalue weighted by Crippen LogP contribution is -2.44. The summed E-state index contributed by atoms with van der Waals surface area (Å²) in [7, 11) is 0. The van der Waals surface area contributed by atoms with E-state index in [1.807, 2.05) is 6.07 Å². The molecule has 3 aliphatic carbocycles. The van der Waals surface area contributed by atoms with Crippen molar-refractivity contribution in [2.45, 2.75) is 57.2 Å². The zero-order chi connectivity index (χ0) is 14.8. The monoisotopic (exact) mass is 288 g/mol. The first kappa shape index (κ1) is 13.6. The minimum absolute atomic E-state index is 0.150. The van der Waals surface area contributed by atoms with E-state index < -0.39 is 12.2 Å². The number of aryl methyl sites for hydroxylation is 1. The summed E-state index contributed by atoms with van der Waals surface area (Å²) in [4.78, 5) is 0. The molecule has 0 unspecified atom stereocenters. The molecular formula is C18H24O3. The number of benzene rings is 1. The molecule has 0 bridgehead atoms. The molecule has 0 heterocycles. The Bertz CT molecular complexity index is 570. The molecule has 0 aromatic heterocycles. The van der Waals surface area contributed by atoms with Gasteiger partial charge in [0.15, 0.2) is 0 Å². The Morgan fingerprint density at radius 3 is 2.81 bits per heavy atom. The lowest BCUT2D eigenvalue weighted by Gasteiger charge is -2.49. The number of rotatable bonds is 0. The van der Waals surface area contributed by atoms with E-state index in [4.69, 9.17) is 0 Å². The summed E-state index contributed by atoms with van der Waals surface area (Å²) in [6, 6.07) is 5.87. The molecule has 1 aromatic carbocycles. The maximum absolute atomic E-state index is 10.4. The summed E-state index contributed by atoms with van der Waals surface area (Å²) < 4.78 is 0. The third-order valence-electron chi connectivity index (χ3n) is 6.70. The highest BCUT2D eigenvalue weighted by atomic mass is 16.3. The fourth-order valence-electron chi connectivity index (χ4n) is 5.60. The van der Waals surface area contributed by atoms with Gasteiger partial charge in [-0.15, -0.1) is 0 Å². The van der Waals surface area contributed by atoms with Gasteiger partial charge in [-0.3, -0.25) is 0 Å². The van der Waals surface area contributed by atoms with Gasteiger partial charge in [0.25, 0.3) is 0 Å². The molecule has 4 rings (SSSR count). The third kappa shape index (κ3) is 1.74. The fraction of sp³-hybridized carbons (Fsp3) is 0.667. The molecule has 0 aliphatic heterocycles. The molecule has 6 atom stereocenters. The van der Waals surface area contributed by atoms with Crippen molar-refractivity contribution in [3.8, 4) is 5.75 Å². The summed E-state index contributed by atoms with van der Waals surface area (Å²) in [5.41, 5.74) is 2.29. The second-order valence-corrected chi connectivity index (χ2v) is 7.56. The molecule has 21 heavy (non-hydrogen) atoms. The summed E-state index contributed by atoms with van der Waals surface area (Å²) in [5.74, 6) is 1.68. The predicted molar refractivity (Wildman–Crippen MR) is 80.1 cm³/mol. The number of aliphatic hydroxyl groups excluding tert-OH is 2. The van der Waals surface area contributed by atoms with Gasteiger partial charge in [0, 0.05) is 5.56 Å². The SMILES string of the molecule is C[C@]12CC[C@@H]3c4c(O)cccc4CC[C@H]3[C@@H]1C[C@@H](O)[C@@H]2O. The molecule has 3 N–H and O–H groups in total. The highest BCUT2D eigenvalue weighted by Gasteiger charge is 2.57. The van der Waals surface area contributed by atoms with Gasteiger partial charge in [-0.1, -0.05) is 19.1 Å². The van der Waals surface area contributed by atoms with Crippen molar-refractivity contribution < 1.29 is 15.3 Å². The number of phenolic OH excluding ortho intramolecular Hbond substituents is 1. The fourth-order valence-corrected chi connectivity index (χ4v) is 5.60. The molecule has 114 valence electrons. The van der Waals surface area contributed by atoms with Crippen LogP contribution in [0.2, 0.25) is 0 Å². The van der Waals surface area contributed by atoms with Crippen LogP contribution in [-0.2, 0) is 6.42 Å². The van der Waals surface area contributed by atoms with Crippen molar-refractivity contribution in [1.29, 1.82) is 0 Å². The number of fused-ring (bicyclic) bond motifs is 5. The van der Waals surface area contributed by atoms with Crippen molar-refractivity contribution in [3.63, 3.8) is 0 Å². The Morgan fingerprint density at radius 1 is 1.19 bits per heavy atom. The van der Waals surface area contributed by atoms with Gasteiger partial charge in [0.1, 0.15) is 5.75 Å². The van der Waals surface area contributed by atoms with Gasteiger partial charge < -0.3 is 15.3 Å². The Hall–Kier alpha value is -1.06. The molecule has 1 aromatic rings. The highest BCUT2D eigenvalue weighted by molar-refractivity contribution is 5.44. The summed E-state index contributed by atoms with van der Waals surface area (Å²) in [6.45, 7) is 2.15. The van der Waals surface area contributed by atoms with Gasteiger partial charge in [-0.05, 0) is 66.9 Å². The molecule has 3 aliphatic rings. The number of hydrogen-bond donors (Lipinski definition) is 3. The van der Waals surface area contributed by atoms with Gasteiger partial charge >= 0.3 is 0 Å². The van der Waals surface area contributed by atoms with E-state index >= 15 is 0 Å². The molecule has 2 fully saturated rings. The number of phenols is 1. The summed E-state index contributed by atoms with van der Waals surface area (Å²) in [5, 5.41) is 30.8. The Morgan fingerprint density at radius 2 is 2.00 bits per heavy atom. The van der Waals surface area contributed by atoms with E-state index in [1.54, 1.807) is 6.07 Å². The van der Waals surface area contributed by atoms with Crippen LogP contribution in [0.15, 0.2) is 18.2 Å². The Balaban J connectivity index is 1.75. The predicted octanol–water partition coefficient (Wildman–Crippen LogP) is 2.58. The van der Waals surface area contributed by atoms with E-state index in [2.05, 4.69) is 13.0 Å². The highest BCUT2D eigenvalue weighted by Crippen LogP contribution is 2.61. The molecule has 2 saturated carbocycles. The van der Waals surface area contributed by atoms with Crippen LogP contribution in [0.1, 0.15) is 49.7 Å². The minimum atomic E-state index is -0.589. The zero-order valence-electron chi connectivity index (χ0n) is 12.5. The van der Waals surface area contributed by atoms with Gasteiger partial charge in [-0.2, -0.15) is 0 Å². The Labute approximate surface area is 125 Å². The van der Waals surface area contributed by atoms with Crippen LogP contribution in [0.4, 0.5) is 0 Å². The van der Waals surface area contributed by atoms with E-state index in [-0.39, 0.29) is 5.41 Å². The van der Waals surface area contributed by atoms with E-state index in [1.165, 1.54) is 5.56 Å². The standard InChI is InChI=1S/C18H24O3/c1-18-8-7-12-11(13(18)9-15(20)17(18)21)6-5-10-3-2-4-14(19)16(10)12/h2-4,11-13,15,17,19-21H,5-9H2,1H3/t11-,12+,13+,15-,17+,18+/m1/s1. The van der Waals surface area contributed by atoms with Crippen LogP contribution in [-0.4, -0.2) is 27.5 Å². The van der Waals surface area contributed by atoms with Gasteiger partial charge in [0.05, 0.1) is 12.2 Å². The molecule has 0 saturated heterocycles. The average Bonchev–Trinajstić information content (AvgIpc) is 2.71. The second kappa shape index (κ2) is 4.47. The largest absolute Gasteiger partial charge is 0.508 e. The van der Waals surface area contributed by atoms with E-state index in [0.29, 0.717) is 29.9 Å². The van der Waals surface area contributed by atoms with Crippen molar-refractivity contribution >= 4 is 0 Å². The maximum Gasteiger partial charge on any atom is 0.119 e. The van der Waals surface area contributed by atoms with Crippen LogP contribution in [0.25, 0.3) is 0 Å². The Kier molecular flexibility index (Phi) is 2.89. The molecular weight excluding hydrogens is 264 g/mol. The van der Waals surface area contributed by atoms with Crippen LogP contribution in [0.3, 0.4) is 0 Å². The number of aromatic hydroxyl groups is 1. The first-order chi connectivity index (χ1) is 10.0. The van der Waals surface area contributed by atoms with Gasteiger partial charge in [-0.25, -0.2) is 0 Å². The van der Waals surface area contributed by atoms with E-state index in [0.717, 1.165) is 31.2 Å². The van der Waals surface area contributed by atoms with Crippen molar-refractivity contribution in [2.75, 3.05) is 0 Å². The number of aliphatic hydroxyl groups is 2. The lowest BCUT2D eigenvalue weighted by atomic mass is 9.55. The molecule has 3 nitrogen and oxygen atoms in total. The van der Waals surface area contributed by atoms with Crippen LogP contribution in [0.5, 0.6) is 5.75 Å². The molecule has 0 amide bonds. The van der Waals surface area contributed by atoms with Crippen LogP contribution >= 0.6 is 0 Å².